The van der Waals surface area contributed by atoms with E-state index in [0.717, 1.165) is 26.2 Å². The Labute approximate surface area is 227 Å². The Balaban J connectivity index is 1.32. The number of hydrogen-bond donors (Lipinski definition) is 3. The largest absolute Gasteiger partial charge is 0.459 e. The molecule has 1 aliphatic rings. The van der Waals surface area contributed by atoms with E-state index >= 15 is 0 Å². The molecular formula is C28H32N8O3. The number of carbonyl (C=O) groups excluding carboxylic acids is 2. The highest BCUT2D eigenvalue weighted by Gasteiger charge is 2.16. The molecule has 39 heavy (non-hydrogen) atoms. The molecule has 0 atom stereocenters. The van der Waals surface area contributed by atoms with Gasteiger partial charge in [-0.25, -0.2) is 4.98 Å². The van der Waals surface area contributed by atoms with Crippen LogP contribution in [0.5, 0.6) is 5.75 Å². The number of anilines is 2. The SMILES string of the molecule is C=C(CN1CCN(C)CC1)Oc1ccccc1/N=N/c1ccc(NC(=O)CNC(=O)c2ccccc2)nc1N. The highest BCUT2D eigenvalue weighted by atomic mass is 16.5. The molecule has 1 aliphatic heterocycles. The third-order valence-corrected chi connectivity index (χ3v) is 6.00. The molecule has 4 N–H and O–H groups in total. The van der Waals surface area contributed by atoms with Gasteiger partial charge in [-0.2, -0.15) is 0 Å². The van der Waals surface area contributed by atoms with Crippen LogP contribution in [0.25, 0.3) is 0 Å². The Morgan fingerprint density at radius 1 is 0.974 bits per heavy atom. The van der Waals surface area contributed by atoms with Gasteiger partial charge in [0.15, 0.2) is 11.6 Å². The fourth-order valence-electron chi connectivity index (χ4n) is 3.84. The van der Waals surface area contributed by atoms with Crippen LogP contribution < -0.4 is 21.1 Å². The van der Waals surface area contributed by atoms with E-state index in [2.05, 4.69) is 49.3 Å². The molecule has 0 unspecified atom stereocenters. The zero-order chi connectivity index (χ0) is 27.6. The van der Waals surface area contributed by atoms with Crippen LogP contribution in [0.15, 0.2) is 89.3 Å². The summed E-state index contributed by atoms with van der Waals surface area (Å²) in [5.41, 5.74) is 7.36. The monoisotopic (exact) mass is 528 g/mol. The summed E-state index contributed by atoms with van der Waals surface area (Å²) < 4.78 is 6.00. The van der Waals surface area contributed by atoms with Gasteiger partial charge in [-0.3, -0.25) is 14.5 Å². The first kappa shape index (κ1) is 27.4. The fraction of sp³-hybridized carbons (Fsp3) is 0.250. The summed E-state index contributed by atoms with van der Waals surface area (Å²) in [6, 6.07) is 19.1. The number of amides is 2. The lowest BCUT2D eigenvalue weighted by atomic mass is 10.2. The molecule has 2 heterocycles. The number of aromatic nitrogens is 1. The van der Waals surface area contributed by atoms with Crippen molar-refractivity contribution in [2.45, 2.75) is 0 Å². The van der Waals surface area contributed by atoms with Gasteiger partial charge in [0.25, 0.3) is 5.91 Å². The van der Waals surface area contributed by atoms with E-state index in [1.807, 2.05) is 18.2 Å². The molecule has 11 nitrogen and oxygen atoms in total. The second kappa shape index (κ2) is 13.3. The molecule has 4 rings (SSSR count). The maximum absolute atomic E-state index is 12.2. The van der Waals surface area contributed by atoms with Crippen molar-refractivity contribution in [2.75, 3.05) is 57.4 Å². The van der Waals surface area contributed by atoms with Crippen molar-refractivity contribution in [1.82, 2.24) is 20.1 Å². The van der Waals surface area contributed by atoms with Gasteiger partial charge in [-0.1, -0.05) is 36.9 Å². The molecule has 0 saturated carbocycles. The van der Waals surface area contributed by atoms with Gasteiger partial charge in [-0.05, 0) is 43.4 Å². The summed E-state index contributed by atoms with van der Waals surface area (Å²) in [4.78, 5) is 33.1. The molecule has 1 aromatic heterocycles. The van der Waals surface area contributed by atoms with Crippen molar-refractivity contribution in [3.8, 4) is 5.75 Å². The molecule has 2 aromatic carbocycles. The van der Waals surface area contributed by atoms with Gasteiger partial charge in [0.1, 0.15) is 23.0 Å². The number of azo groups is 1. The molecular weight excluding hydrogens is 496 g/mol. The molecule has 0 spiro atoms. The normalized spacial score (nSPS) is 14.2. The predicted molar refractivity (Wildman–Crippen MR) is 150 cm³/mol. The number of carbonyl (C=O) groups is 2. The molecule has 0 bridgehead atoms. The molecule has 3 aromatic rings. The van der Waals surface area contributed by atoms with Crippen molar-refractivity contribution < 1.29 is 14.3 Å². The van der Waals surface area contributed by atoms with Crippen molar-refractivity contribution in [3.05, 3.63) is 84.6 Å². The number of nitrogens with one attached hydrogen (secondary N) is 2. The van der Waals surface area contributed by atoms with Crippen molar-refractivity contribution in [1.29, 1.82) is 0 Å². The Hall–Kier alpha value is -4.61. The van der Waals surface area contributed by atoms with Gasteiger partial charge in [-0.15, -0.1) is 10.2 Å². The molecule has 1 saturated heterocycles. The second-order valence-electron chi connectivity index (χ2n) is 9.09. The minimum absolute atomic E-state index is 0.0859. The van der Waals surface area contributed by atoms with Crippen LogP contribution in [-0.2, 0) is 4.79 Å². The summed E-state index contributed by atoms with van der Waals surface area (Å²) in [5.74, 6) is 0.693. The summed E-state index contributed by atoms with van der Waals surface area (Å²) in [6.45, 7) is 8.45. The number of benzene rings is 2. The molecule has 1 fully saturated rings. The van der Waals surface area contributed by atoms with Crippen molar-refractivity contribution in [2.24, 2.45) is 10.2 Å². The third-order valence-electron chi connectivity index (χ3n) is 6.00. The van der Waals surface area contributed by atoms with Crippen LogP contribution in [0.1, 0.15) is 10.4 Å². The van der Waals surface area contributed by atoms with E-state index in [0.29, 0.717) is 35.0 Å². The van der Waals surface area contributed by atoms with E-state index in [-0.39, 0.29) is 24.1 Å². The molecule has 2 amide bonds. The summed E-state index contributed by atoms with van der Waals surface area (Å²) >= 11 is 0. The first-order chi connectivity index (χ1) is 18.9. The van der Waals surface area contributed by atoms with Gasteiger partial charge in [0, 0.05) is 31.7 Å². The van der Waals surface area contributed by atoms with E-state index in [1.165, 1.54) is 0 Å². The Morgan fingerprint density at radius 2 is 1.67 bits per heavy atom. The van der Waals surface area contributed by atoms with Gasteiger partial charge in [0.05, 0.1) is 13.1 Å². The maximum atomic E-state index is 12.2. The van der Waals surface area contributed by atoms with Crippen molar-refractivity contribution >= 4 is 34.8 Å². The zero-order valence-corrected chi connectivity index (χ0v) is 21.8. The minimum Gasteiger partial charge on any atom is -0.459 e. The highest BCUT2D eigenvalue weighted by Crippen LogP contribution is 2.31. The lowest BCUT2D eigenvalue weighted by Crippen LogP contribution is -2.45. The summed E-state index contributed by atoms with van der Waals surface area (Å²) in [7, 11) is 2.12. The average molecular weight is 529 g/mol. The average Bonchev–Trinajstić information content (AvgIpc) is 2.94. The topological polar surface area (TPSA) is 138 Å². The van der Waals surface area contributed by atoms with Crippen LogP contribution in [0, 0.1) is 0 Å². The van der Waals surface area contributed by atoms with E-state index in [1.54, 1.807) is 48.5 Å². The Kier molecular flexibility index (Phi) is 9.33. The van der Waals surface area contributed by atoms with Crippen LogP contribution in [0.3, 0.4) is 0 Å². The molecule has 0 aliphatic carbocycles. The smallest absolute Gasteiger partial charge is 0.251 e. The van der Waals surface area contributed by atoms with E-state index in [4.69, 9.17) is 10.5 Å². The number of ether oxygens (including phenoxy) is 1. The number of nitrogen functional groups attached to an aromatic ring is 1. The molecule has 0 radical (unpaired) electrons. The standard InChI is InChI=1S/C28H32N8O3/c1-20(19-36-16-14-35(2)15-17-36)39-24-11-7-6-10-22(24)33-34-23-12-13-25(32-27(23)29)31-26(37)18-30-28(38)21-8-4-3-5-9-21/h3-13H,1,14-19H2,2H3,(H,30,38)(H3,29,31,32,37)/b34-33+. The number of nitrogens with zero attached hydrogens (tertiary/aromatic N) is 5. The number of hydrogen-bond acceptors (Lipinski definition) is 9. The van der Waals surface area contributed by atoms with Crippen LogP contribution in [-0.4, -0.2) is 72.9 Å². The number of pyridine rings is 1. The lowest BCUT2D eigenvalue weighted by molar-refractivity contribution is -0.115. The zero-order valence-electron chi connectivity index (χ0n) is 21.8. The number of rotatable bonds is 10. The summed E-state index contributed by atoms with van der Waals surface area (Å²) in [6.07, 6.45) is 0. The number of piperazine rings is 1. The highest BCUT2D eigenvalue weighted by molar-refractivity contribution is 5.99. The Bertz CT molecular complexity index is 1340. The minimum atomic E-state index is -0.441. The van der Waals surface area contributed by atoms with E-state index < -0.39 is 5.91 Å². The predicted octanol–water partition coefficient (Wildman–Crippen LogP) is 3.59. The maximum Gasteiger partial charge on any atom is 0.251 e. The van der Waals surface area contributed by atoms with Crippen LogP contribution >= 0.6 is 0 Å². The lowest BCUT2D eigenvalue weighted by Gasteiger charge is -2.32. The van der Waals surface area contributed by atoms with E-state index in [9.17, 15) is 9.59 Å². The van der Waals surface area contributed by atoms with Crippen LogP contribution in [0.2, 0.25) is 0 Å². The first-order valence-electron chi connectivity index (χ1n) is 12.5. The second-order valence-corrected chi connectivity index (χ2v) is 9.09. The molecule has 202 valence electrons. The van der Waals surface area contributed by atoms with Gasteiger partial charge in [0.2, 0.25) is 5.91 Å². The number of nitrogens with two attached hydrogens (primary N) is 1. The third kappa shape index (κ3) is 8.19. The number of likely N-dealkylation sites (N-methyl/N-ethyl adjacent to an activating group) is 1. The van der Waals surface area contributed by atoms with Crippen molar-refractivity contribution in [3.63, 3.8) is 0 Å². The van der Waals surface area contributed by atoms with Crippen LogP contribution in [0.4, 0.5) is 23.0 Å². The first-order valence-corrected chi connectivity index (χ1v) is 12.5. The van der Waals surface area contributed by atoms with Gasteiger partial charge >= 0.3 is 0 Å². The van der Waals surface area contributed by atoms with Gasteiger partial charge < -0.3 is 26.0 Å². The number of para-hydroxylation sites is 1. The quantitative estimate of drug-likeness (QED) is 0.270. The summed E-state index contributed by atoms with van der Waals surface area (Å²) in [5, 5.41) is 13.7. The molecule has 11 heteroatoms. The Morgan fingerprint density at radius 3 is 2.41 bits per heavy atom. The fourth-order valence-corrected chi connectivity index (χ4v) is 3.84.